The molecule has 0 radical (unpaired) electrons. The number of aliphatic hydroxyl groups excluding tert-OH is 1. The maximum Gasteiger partial charge on any atom is 0.0543 e. The SMILES string of the molecule is Nc1ccncc1CC1CCCCC(O)C1. The van der Waals surface area contributed by atoms with Crippen molar-refractivity contribution in [3.63, 3.8) is 0 Å². The average molecular weight is 220 g/mol. The molecule has 1 fully saturated rings. The number of anilines is 1. The number of hydrogen-bond donors (Lipinski definition) is 2. The fourth-order valence-electron chi connectivity index (χ4n) is 2.54. The van der Waals surface area contributed by atoms with E-state index in [1.165, 1.54) is 12.8 Å². The Kier molecular flexibility index (Phi) is 3.78. The van der Waals surface area contributed by atoms with Gasteiger partial charge in [-0.3, -0.25) is 4.98 Å². The molecule has 1 aromatic heterocycles. The number of nitrogens with zero attached hydrogens (tertiary/aromatic N) is 1. The molecule has 3 N–H and O–H groups in total. The smallest absolute Gasteiger partial charge is 0.0543 e. The Morgan fingerprint density at radius 1 is 1.38 bits per heavy atom. The standard InChI is InChI=1S/C13H20N2O/c14-13-5-6-15-9-11(13)7-10-3-1-2-4-12(16)8-10/h5-6,9-10,12,16H,1-4,7-8H2,(H2,14,15). The second kappa shape index (κ2) is 5.30. The van der Waals surface area contributed by atoms with Crippen molar-refractivity contribution in [3.05, 3.63) is 24.0 Å². The quantitative estimate of drug-likeness (QED) is 0.751. The molecule has 1 heterocycles. The fraction of sp³-hybridized carbons (Fsp3) is 0.615. The van der Waals surface area contributed by atoms with Crippen molar-refractivity contribution in [2.24, 2.45) is 5.92 Å². The number of rotatable bonds is 2. The first-order chi connectivity index (χ1) is 7.75. The number of pyridine rings is 1. The lowest BCUT2D eigenvalue weighted by atomic mass is 9.92. The van der Waals surface area contributed by atoms with Gasteiger partial charge < -0.3 is 10.8 Å². The van der Waals surface area contributed by atoms with Crippen LogP contribution in [-0.2, 0) is 6.42 Å². The molecular formula is C13H20N2O. The van der Waals surface area contributed by atoms with Crippen molar-refractivity contribution >= 4 is 5.69 Å². The van der Waals surface area contributed by atoms with E-state index in [0.29, 0.717) is 5.92 Å². The molecule has 2 unspecified atom stereocenters. The van der Waals surface area contributed by atoms with Gasteiger partial charge in [0.2, 0.25) is 0 Å². The van der Waals surface area contributed by atoms with Crippen molar-refractivity contribution in [2.45, 2.75) is 44.6 Å². The third-order valence-corrected chi connectivity index (χ3v) is 3.46. The summed E-state index contributed by atoms with van der Waals surface area (Å²) in [6, 6.07) is 1.85. The minimum Gasteiger partial charge on any atom is -0.398 e. The van der Waals surface area contributed by atoms with E-state index in [1.54, 1.807) is 6.20 Å². The lowest BCUT2D eigenvalue weighted by Crippen LogP contribution is -2.13. The van der Waals surface area contributed by atoms with Crippen molar-refractivity contribution < 1.29 is 5.11 Å². The summed E-state index contributed by atoms with van der Waals surface area (Å²) < 4.78 is 0. The summed E-state index contributed by atoms with van der Waals surface area (Å²) in [4.78, 5) is 4.11. The number of nitrogen functional groups attached to an aromatic ring is 1. The molecule has 1 aliphatic rings. The van der Waals surface area contributed by atoms with Gasteiger partial charge in [-0.15, -0.1) is 0 Å². The van der Waals surface area contributed by atoms with Crippen molar-refractivity contribution in [3.8, 4) is 0 Å². The minimum atomic E-state index is -0.120. The summed E-state index contributed by atoms with van der Waals surface area (Å²) in [5.74, 6) is 0.559. The first-order valence-corrected chi connectivity index (χ1v) is 6.12. The summed E-state index contributed by atoms with van der Waals surface area (Å²) in [6.45, 7) is 0. The van der Waals surface area contributed by atoms with Gasteiger partial charge in [-0.25, -0.2) is 0 Å². The Morgan fingerprint density at radius 2 is 2.19 bits per heavy atom. The van der Waals surface area contributed by atoms with Gasteiger partial charge in [0.25, 0.3) is 0 Å². The summed E-state index contributed by atoms with van der Waals surface area (Å²) in [5.41, 5.74) is 7.86. The van der Waals surface area contributed by atoms with E-state index in [-0.39, 0.29) is 6.10 Å². The highest BCUT2D eigenvalue weighted by Gasteiger charge is 2.19. The number of hydrogen-bond acceptors (Lipinski definition) is 3. The maximum atomic E-state index is 9.76. The Hall–Kier alpha value is -1.09. The normalized spacial score (nSPS) is 26.3. The molecule has 1 saturated carbocycles. The van der Waals surface area contributed by atoms with Gasteiger partial charge in [0.15, 0.2) is 0 Å². The van der Waals surface area contributed by atoms with Crippen LogP contribution >= 0.6 is 0 Å². The van der Waals surface area contributed by atoms with Gasteiger partial charge in [0.05, 0.1) is 6.10 Å². The molecule has 0 spiro atoms. The molecule has 0 saturated heterocycles. The van der Waals surface area contributed by atoms with Crippen LogP contribution in [0.15, 0.2) is 18.5 Å². The second-order valence-electron chi connectivity index (χ2n) is 4.82. The highest BCUT2D eigenvalue weighted by atomic mass is 16.3. The number of aromatic nitrogens is 1. The zero-order valence-electron chi connectivity index (χ0n) is 9.60. The third-order valence-electron chi connectivity index (χ3n) is 3.46. The molecule has 2 rings (SSSR count). The number of aliphatic hydroxyl groups is 1. The van der Waals surface area contributed by atoms with Crippen LogP contribution in [0.25, 0.3) is 0 Å². The largest absolute Gasteiger partial charge is 0.398 e. The predicted molar refractivity (Wildman–Crippen MR) is 64.9 cm³/mol. The van der Waals surface area contributed by atoms with Crippen LogP contribution in [-0.4, -0.2) is 16.2 Å². The van der Waals surface area contributed by atoms with E-state index in [2.05, 4.69) is 4.98 Å². The topological polar surface area (TPSA) is 59.1 Å². The lowest BCUT2D eigenvalue weighted by molar-refractivity contribution is 0.141. The van der Waals surface area contributed by atoms with Gasteiger partial charge in [0, 0.05) is 18.1 Å². The van der Waals surface area contributed by atoms with Crippen LogP contribution in [0.4, 0.5) is 5.69 Å². The molecule has 0 bridgehead atoms. The first kappa shape index (κ1) is 11.4. The summed E-state index contributed by atoms with van der Waals surface area (Å²) in [7, 11) is 0. The maximum absolute atomic E-state index is 9.76. The zero-order chi connectivity index (χ0) is 11.4. The summed E-state index contributed by atoms with van der Waals surface area (Å²) >= 11 is 0. The summed E-state index contributed by atoms with van der Waals surface area (Å²) in [6.07, 6.45) is 9.86. The van der Waals surface area contributed by atoms with E-state index in [9.17, 15) is 5.11 Å². The first-order valence-electron chi connectivity index (χ1n) is 6.12. The second-order valence-corrected chi connectivity index (χ2v) is 4.82. The van der Waals surface area contributed by atoms with Crippen molar-refractivity contribution in [1.29, 1.82) is 0 Å². The molecule has 88 valence electrons. The Morgan fingerprint density at radius 3 is 3.00 bits per heavy atom. The van der Waals surface area contributed by atoms with E-state index < -0.39 is 0 Å². The van der Waals surface area contributed by atoms with Gasteiger partial charge in [-0.2, -0.15) is 0 Å². The third kappa shape index (κ3) is 2.95. The van der Waals surface area contributed by atoms with E-state index in [0.717, 1.165) is 36.9 Å². The van der Waals surface area contributed by atoms with Gasteiger partial charge in [-0.1, -0.05) is 19.3 Å². The van der Waals surface area contributed by atoms with Gasteiger partial charge in [-0.05, 0) is 36.8 Å². The highest BCUT2D eigenvalue weighted by molar-refractivity contribution is 5.44. The molecule has 16 heavy (non-hydrogen) atoms. The summed E-state index contributed by atoms with van der Waals surface area (Å²) in [5, 5.41) is 9.76. The van der Waals surface area contributed by atoms with Crippen LogP contribution in [0.5, 0.6) is 0 Å². The van der Waals surface area contributed by atoms with Crippen LogP contribution in [0.3, 0.4) is 0 Å². The molecular weight excluding hydrogens is 200 g/mol. The van der Waals surface area contributed by atoms with E-state index in [1.807, 2.05) is 12.3 Å². The van der Waals surface area contributed by atoms with Crippen LogP contribution < -0.4 is 5.73 Å². The monoisotopic (exact) mass is 220 g/mol. The number of nitrogens with two attached hydrogens (primary N) is 1. The molecule has 2 atom stereocenters. The van der Waals surface area contributed by atoms with Gasteiger partial charge in [0.1, 0.15) is 0 Å². The molecule has 0 amide bonds. The molecule has 3 heteroatoms. The Labute approximate surface area is 96.7 Å². The van der Waals surface area contributed by atoms with E-state index in [4.69, 9.17) is 5.73 Å². The van der Waals surface area contributed by atoms with E-state index >= 15 is 0 Å². The minimum absolute atomic E-state index is 0.120. The Balaban J connectivity index is 2.00. The highest BCUT2D eigenvalue weighted by Crippen LogP contribution is 2.27. The lowest BCUT2D eigenvalue weighted by Gasteiger charge is -2.17. The molecule has 1 aromatic rings. The van der Waals surface area contributed by atoms with Crippen molar-refractivity contribution in [1.82, 2.24) is 4.98 Å². The molecule has 1 aliphatic carbocycles. The average Bonchev–Trinajstić information content (AvgIpc) is 2.46. The van der Waals surface area contributed by atoms with Crippen LogP contribution in [0.1, 0.15) is 37.7 Å². The van der Waals surface area contributed by atoms with Crippen LogP contribution in [0, 0.1) is 5.92 Å². The predicted octanol–water partition coefficient (Wildman–Crippen LogP) is 2.15. The fourth-order valence-corrected chi connectivity index (χ4v) is 2.54. The molecule has 0 aromatic carbocycles. The van der Waals surface area contributed by atoms with Crippen molar-refractivity contribution in [2.75, 3.05) is 5.73 Å². The van der Waals surface area contributed by atoms with Crippen LogP contribution in [0.2, 0.25) is 0 Å². The Bertz CT molecular complexity index is 340. The van der Waals surface area contributed by atoms with Gasteiger partial charge >= 0.3 is 0 Å². The molecule has 3 nitrogen and oxygen atoms in total. The molecule has 0 aliphatic heterocycles. The zero-order valence-corrected chi connectivity index (χ0v) is 9.60.